The number of quaternary nitrogens is 1. The minimum Gasteiger partial charge on any atom is -0.477 e. The molecule has 0 aliphatic rings. The Morgan fingerprint density at radius 1 is 0.554 bits per heavy atom. The van der Waals surface area contributed by atoms with E-state index >= 15 is 0 Å². The van der Waals surface area contributed by atoms with Gasteiger partial charge in [-0.05, 0) is 32.1 Å². The Bertz CT molecular complexity index is 1020. The van der Waals surface area contributed by atoms with Gasteiger partial charge in [-0.15, -0.1) is 0 Å². The zero-order valence-corrected chi connectivity index (χ0v) is 37.1. The maximum Gasteiger partial charge on any atom is 0.362 e. The zero-order chi connectivity index (χ0) is 41.4. The van der Waals surface area contributed by atoms with Crippen molar-refractivity contribution in [3.8, 4) is 0 Å². The molecule has 0 saturated heterocycles. The number of unbranched alkanes of at least 4 members (excludes halogenated alkanes) is 23. The second-order valence-electron chi connectivity index (χ2n) is 16.7. The molecule has 0 aliphatic carbocycles. The number of carboxylic acids is 1. The highest BCUT2D eigenvalue weighted by molar-refractivity contribution is 5.72. The summed E-state index contributed by atoms with van der Waals surface area (Å²) < 4.78 is 17.3. The van der Waals surface area contributed by atoms with Gasteiger partial charge in [-0.1, -0.05) is 185 Å². The molecule has 0 radical (unpaired) electrons. The lowest BCUT2D eigenvalue weighted by atomic mass is 10.0. The fourth-order valence-electron chi connectivity index (χ4n) is 6.80. The molecule has 8 heteroatoms. The summed E-state index contributed by atoms with van der Waals surface area (Å²) in [5.41, 5.74) is 0. The molecular weight excluding hydrogens is 703 g/mol. The maximum atomic E-state index is 12.7. The molecule has 326 valence electrons. The summed E-state index contributed by atoms with van der Waals surface area (Å²) >= 11 is 0. The standard InChI is InChI=1S/C48H87NO7/c1-6-8-10-12-14-16-18-20-22-23-25-27-29-31-33-35-37-39-47(51)56-44(42-54-41-40-45(48(52)53)49(3,4)5)43-55-46(50)38-36-34-32-30-28-26-24-21-19-17-15-13-11-9-7-2/h9,11,13,15,17,19,44-45H,6-8,10,12,14,16,18,20-43H2,1-5H3/p+1/b11-9+,15-13+,19-17+. The number of aliphatic carboxylic acids is 1. The average molecular weight is 791 g/mol. The molecule has 0 spiro atoms. The molecule has 0 heterocycles. The average Bonchev–Trinajstić information content (AvgIpc) is 3.15. The van der Waals surface area contributed by atoms with Crippen LogP contribution in [-0.4, -0.2) is 80.6 Å². The van der Waals surface area contributed by atoms with Crippen LogP contribution in [0.15, 0.2) is 36.5 Å². The predicted molar refractivity (Wildman–Crippen MR) is 234 cm³/mol. The lowest BCUT2D eigenvalue weighted by Crippen LogP contribution is -2.50. The highest BCUT2D eigenvalue weighted by atomic mass is 16.6. The Hall–Kier alpha value is -2.45. The summed E-state index contributed by atoms with van der Waals surface area (Å²) in [5.74, 6) is -1.47. The van der Waals surface area contributed by atoms with Gasteiger partial charge in [-0.2, -0.15) is 0 Å². The van der Waals surface area contributed by atoms with Crippen molar-refractivity contribution in [1.29, 1.82) is 0 Å². The fourth-order valence-corrected chi connectivity index (χ4v) is 6.80. The largest absolute Gasteiger partial charge is 0.477 e. The number of likely N-dealkylation sites (N-methyl/N-ethyl adjacent to an activating group) is 1. The van der Waals surface area contributed by atoms with Gasteiger partial charge in [0.05, 0.1) is 34.4 Å². The van der Waals surface area contributed by atoms with Crippen LogP contribution in [0.2, 0.25) is 0 Å². The number of nitrogens with zero attached hydrogens (tertiary/aromatic N) is 1. The quantitative estimate of drug-likeness (QED) is 0.0285. The van der Waals surface area contributed by atoms with Crippen molar-refractivity contribution in [2.24, 2.45) is 0 Å². The monoisotopic (exact) mass is 791 g/mol. The Morgan fingerprint density at radius 3 is 1.46 bits per heavy atom. The predicted octanol–water partition coefficient (Wildman–Crippen LogP) is 12.6. The molecular formula is C48H88NO7+. The molecule has 56 heavy (non-hydrogen) atoms. The summed E-state index contributed by atoms with van der Waals surface area (Å²) in [6.07, 6.45) is 44.7. The minimum absolute atomic E-state index is 0.0546. The maximum absolute atomic E-state index is 12.7. The molecule has 0 saturated carbocycles. The van der Waals surface area contributed by atoms with Gasteiger partial charge in [0.2, 0.25) is 0 Å². The van der Waals surface area contributed by atoms with Crippen molar-refractivity contribution in [2.45, 2.75) is 212 Å². The first-order valence-electron chi connectivity index (χ1n) is 23.1. The summed E-state index contributed by atoms with van der Waals surface area (Å²) in [4.78, 5) is 37.0. The molecule has 2 atom stereocenters. The van der Waals surface area contributed by atoms with Crippen LogP contribution in [0.4, 0.5) is 0 Å². The zero-order valence-electron chi connectivity index (χ0n) is 37.1. The first kappa shape index (κ1) is 53.6. The van der Waals surface area contributed by atoms with E-state index in [4.69, 9.17) is 14.2 Å². The van der Waals surface area contributed by atoms with Crippen LogP contribution in [0.3, 0.4) is 0 Å². The number of allylic oxidation sites excluding steroid dienone is 6. The Labute approximate surface area is 344 Å². The molecule has 0 aromatic rings. The van der Waals surface area contributed by atoms with Crippen LogP contribution in [0.5, 0.6) is 0 Å². The number of esters is 2. The number of hydrogen-bond donors (Lipinski definition) is 1. The number of carboxylic acid groups (broad SMARTS) is 1. The lowest BCUT2D eigenvalue weighted by Gasteiger charge is -2.31. The molecule has 2 unspecified atom stereocenters. The van der Waals surface area contributed by atoms with E-state index in [0.29, 0.717) is 19.3 Å². The molecule has 0 fully saturated rings. The van der Waals surface area contributed by atoms with E-state index in [1.165, 1.54) is 116 Å². The molecule has 1 N–H and O–H groups in total. The molecule has 0 amide bonds. The van der Waals surface area contributed by atoms with E-state index < -0.39 is 18.1 Å². The van der Waals surface area contributed by atoms with Crippen LogP contribution in [0.1, 0.15) is 200 Å². The van der Waals surface area contributed by atoms with Crippen LogP contribution in [0, 0.1) is 0 Å². The molecule has 0 aliphatic heterocycles. The fraction of sp³-hybridized carbons (Fsp3) is 0.812. The van der Waals surface area contributed by atoms with Gasteiger partial charge in [0.1, 0.15) is 6.61 Å². The van der Waals surface area contributed by atoms with Gasteiger partial charge in [0.15, 0.2) is 12.1 Å². The molecule has 0 bridgehead atoms. The Balaban J connectivity index is 4.30. The van der Waals surface area contributed by atoms with Gasteiger partial charge in [-0.3, -0.25) is 9.59 Å². The van der Waals surface area contributed by atoms with Gasteiger partial charge in [-0.25, -0.2) is 4.79 Å². The van der Waals surface area contributed by atoms with Gasteiger partial charge in [0.25, 0.3) is 0 Å². The first-order chi connectivity index (χ1) is 27.1. The van der Waals surface area contributed by atoms with E-state index in [-0.39, 0.29) is 36.2 Å². The van der Waals surface area contributed by atoms with Gasteiger partial charge >= 0.3 is 17.9 Å². The highest BCUT2D eigenvalue weighted by Crippen LogP contribution is 2.16. The first-order valence-corrected chi connectivity index (χ1v) is 23.1. The molecule has 0 rings (SSSR count). The van der Waals surface area contributed by atoms with Crippen molar-refractivity contribution in [2.75, 3.05) is 41.0 Å². The van der Waals surface area contributed by atoms with Crippen molar-refractivity contribution in [3.63, 3.8) is 0 Å². The van der Waals surface area contributed by atoms with E-state index in [1.54, 1.807) is 0 Å². The summed E-state index contributed by atoms with van der Waals surface area (Å²) in [5, 5.41) is 9.62. The third kappa shape index (κ3) is 37.1. The second kappa shape index (κ2) is 39.4. The van der Waals surface area contributed by atoms with Crippen LogP contribution >= 0.6 is 0 Å². The number of ether oxygens (including phenoxy) is 3. The van der Waals surface area contributed by atoms with E-state index in [1.807, 2.05) is 21.1 Å². The smallest absolute Gasteiger partial charge is 0.362 e. The van der Waals surface area contributed by atoms with Crippen molar-refractivity contribution in [3.05, 3.63) is 36.5 Å². The van der Waals surface area contributed by atoms with Crippen LogP contribution < -0.4 is 0 Å². The number of rotatable bonds is 41. The minimum atomic E-state index is -0.876. The third-order valence-corrected chi connectivity index (χ3v) is 10.4. The highest BCUT2D eigenvalue weighted by Gasteiger charge is 2.31. The van der Waals surface area contributed by atoms with E-state index in [9.17, 15) is 19.5 Å². The number of hydrogen-bond acceptors (Lipinski definition) is 6. The lowest BCUT2D eigenvalue weighted by molar-refractivity contribution is -0.887. The summed E-state index contributed by atoms with van der Waals surface area (Å²) in [7, 11) is 5.53. The van der Waals surface area contributed by atoms with Crippen molar-refractivity contribution in [1.82, 2.24) is 0 Å². The Morgan fingerprint density at radius 2 is 1.00 bits per heavy atom. The van der Waals surface area contributed by atoms with Crippen molar-refractivity contribution >= 4 is 17.9 Å². The normalized spacial score (nSPS) is 13.2. The number of carbonyl (C=O) groups excluding carboxylic acids is 2. The molecule has 0 aromatic heterocycles. The van der Waals surface area contributed by atoms with Gasteiger partial charge < -0.3 is 23.8 Å². The van der Waals surface area contributed by atoms with Crippen LogP contribution in [0.25, 0.3) is 0 Å². The van der Waals surface area contributed by atoms with E-state index in [0.717, 1.165) is 51.4 Å². The molecule has 8 nitrogen and oxygen atoms in total. The second-order valence-corrected chi connectivity index (χ2v) is 16.7. The van der Waals surface area contributed by atoms with Crippen LogP contribution in [-0.2, 0) is 28.6 Å². The number of carbonyl (C=O) groups is 3. The Kier molecular flexibility index (Phi) is 37.7. The molecule has 0 aromatic carbocycles. The summed E-state index contributed by atoms with van der Waals surface area (Å²) in [6, 6.07) is -0.615. The van der Waals surface area contributed by atoms with Gasteiger partial charge in [0, 0.05) is 19.3 Å². The third-order valence-electron chi connectivity index (χ3n) is 10.4. The SMILES string of the molecule is CC/C=C/C=C/C=C/CCCCCCCCCC(=O)OCC(COCCC(C(=O)O)[N+](C)(C)C)OC(=O)CCCCCCCCCCCCCCCCCCC. The van der Waals surface area contributed by atoms with E-state index in [2.05, 4.69) is 50.3 Å². The topological polar surface area (TPSA) is 99.1 Å². The van der Waals surface area contributed by atoms with Crippen molar-refractivity contribution < 1.29 is 38.2 Å². The summed E-state index contributed by atoms with van der Waals surface area (Å²) in [6.45, 7) is 4.61.